The van der Waals surface area contributed by atoms with Crippen LogP contribution in [0.25, 0.3) is 12.2 Å². The summed E-state index contributed by atoms with van der Waals surface area (Å²) in [6.45, 7) is 0. The highest BCUT2D eigenvalue weighted by molar-refractivity contribution is 5.67. The summed E-state index contributed by atoms with van der Waals surface area (Å²) in [6.07, 6.45) is 12.3. The van der Waals surface area contributed by atoms with Crippen molar-refractivity contribution in [3.05, 3.63) is 59.7 Å². The molecule has 0 bridgehead atoms. The van der Waals surface area contributed by atoms with E-state index in [0.29, 0.717) is 0 Å². The van der Waals surface area contributed by atoms with Crippen LogP contribution in [0.2, 0.25) is 0 Å². The summed E-state index contributed by atoms with van der Waals surface area (Å²) in [5, 5.41) is 0. The molecule has 0 atom stereocenters. The standard InChI is InChI=1S/C12H9/c1-2-4-8-12-10-6-5-9-11(12)7-3-1/h1-9H/b2-1-,3-1?,4-2?,7-3-,8-4-,11-7?,12-8?. The van der Waals surface area contributed by atoms with Gasteiger partial charge in [-0.05, 0) is 17.2 Å². The van der Waals surface area contributed by atoms with Crippen LogP contribution in [-0.4, -0.2) is 0 Å². The average Bonchev–Trinajstić information content (AvgIpc) is 2.06. The molecule has 0 amide bonds. The van der Waals surface area contributed by atoms with E-state index >= 15 is 0 Å². The van der Waals surface area contributed by atoms with Crippen LogP contribution >= 0.6 is 0 Å². The fourth-order valence-corrected chi connectivity index (χ4v) is 1.19. The molecule has 1 aromatic carbocycles. The van der Waals surface area contributed by atoms with Crippen molar-refractivity contribution in [1.29, 1.82) is 0 Å². The topological polar surface area (TPSA) is 0 Å². The number of hydrogen-bond donors (Lipinski definition) is 0. The first-order valence-electron chi connectivity index (χ1n) is 3.99. The Morgan fingerprint density at radius 1 is 0.917 bits per heavy atom. The highest BCUT2D eigenvalue weighted by Gasteiger charge is 1.93. The molecule has 0 aliphatic heterocycles. The molecule has 12 heavy (non-hydrogen) atoms. The lowest BCUT2D eigenvalue weighted by atomic mass is 10.1. The number of benzene rings is 1. The van der Waals surface area contributed by atoms with Crippen molar-refractivity contribution in [2.45, 2.75) is 0 Å². The van der Waals surface area contributed by atoms with Crippen LogP contribution in [0.15, 0.2) is 42.5 Å². The summed E-state index contributed by atoms with van der Waals surface area (Å²) in [5.74, 6) is 0. The molecule has 0 aromatic heterocycles. The lowest BCUT2D eigenvalue weighted by molar-refractivity contribution is 1.59. The lowest BCUT2D eigenvalue weighted by Crippen LogP contribution is -1.80. The van der Waals surface area contributed by atoms with Crippen LogP contribution in [0, 0.1) is 6.07 Å². The minimum Gasteiger partial charge on any atom is -0.0622 e. The Morgan fingerprint density at radius 2 is 1.75 bits per heavy atom. The molecule has 1 aliphatic rings. The first-order chi connectivity index (χ1) is 5.97. The summed E-state index contributed by atoms with van der Waals surface area (Å²) in [6, 6.07) is 9.21. The van der Waals surface area contributed by atoms with Gasteiger partial charge in [-0.3, -0.25) is 0 Å². The van der Waals surface area contributed by atoms with Gasteiger partial charge in [0.1, 0.15) is 0 Å². The maximum atomic E-state index is 3.18. The van der Waals surface area contributed by atoms with E-state index in [-0.39, 0.29) is 0 Å². The zero-order valence-electron chi connectivity index (χ0n) is 6.70. The van der Waals surface area contributed by atoms with Crippen LogP contribution in [-0.2, 0) is 0 Å². The lowest BCUT2D eigenvalue weighted by Gasteiger charge is -1.99. The smallest absolute Gasteiger partial charge is 0.00992 e. The van der Waals surface area contributed by atoms with Gasteiger partial charge in [0.15, 0.2) is 0 Å². The predicted octanol–water partition coefficient (Wildman–Crippen LogP) is 3.08. The third-order valence-electron chi connectivity index (χ3n) is 1.79. The molecule has 0 N–H and O–H groups in total. The van der Waals surface area contributed by atoms with Gasteiger partial charge in [-0.25, -0.2) is 0 Å². The Labute approximate surface area is 72.5 Å². The molecule has 0 heterocycles. The molecule has 2 rings (SSSR count). The fraction of sp³-hybridized carbons (Fsp3) is 0. The quantitative estimate of drug-likeness (QED) is 0.537. The SMILES string of the molecule is [c]1cccc2c1\C=C/C=C\C=C/2. The molecule has 1 aliphatic carbocycles. The number of allylic oxidation sites excluding steroid dienone is 4. The van der Waals surface area contributed by atoms with Crippen molar-refractivity contribution in [2.75, 3.05) is 0 Å². The van der Waals surface area contributed by atoms with E-state index in [1.165, 1.54) is 5.56 Å². The van der Waals surface area contributed by atoms with Gasteiger partial charge in [-0.1, -0.05) is 54.7 Å². The maximum absolute atomic E-state index is 3.18. The second kappa shape index (κ2) is 3.22. The fourth-order valence-electron chi connectivity index (χ4n) is 1.19. The van der Waals surface area contributed by atoms with E-state index < -0.39 is 0 Å². The molecule has 1 radical (unpaired) electrons. The van der Waals surface area contributed by atoms with Gasteiger partial charge >= 0.3 is 0 Å². The molecular weight excluding hydrogens is 144 g/mol. The Balaban J connectivity index is 2.54. The largest absolute Gasteiger partial charge is 0.0622 e. The highest BCUT2D eigenvalue weighted by Crippen LogP contribution is 2.13. The van der Waals surface area contributed by atoms with E-state index in [2.05, 4.69) is 24.3 Å². The van der Waals surface area contributed by atoms with E-state index in [1.54, 1.807) is 0 Å². The zero-order valence-corrected chi connectivity index (χ0v) is 6.70. The van der Waals surface area contributed by atoms with Gasteiger partial charge in [0.2, 0.25) is 0 Å². The summed E-state index contributed by atoms with van der Waals surface area (Å²) < 4.78 is 0. The van der Waals surface area contributed by atoms with E-state index in [1.807, 2.05) is 36.4 Å². The minimum absolute atomic E-state index is 1.15. The van der Waals surface area contributed by atoms with Gasteiger partial charge in [0.05, 0.1) is 0 Å². The molecule has 0 heteroatoms. The van der Waals surface area contributed by atoms with Gasteiger partial charge in [0, 0.05) is 0 Å². The first kappa shape index (κ1) is 7.11. The van der Waals surface area contributed by atoms with Gasteiger partial charge in [-0.15, -0.1) is 0 Å². The summed E-state index contributed by atoms with van der Waals surface area (Å²) in [5.41, 5.74) is 2.37. The highest BCUT2D eigenvalue weighted by atomic mass is 14.0. The average molecular weight is 153 g/mol. The molecule has 0 spiro atoms. The Morgan fingerprint density at radius 3 is 2.67 bits per heavy atom. The van der Waals surface area contributed by atoms with E-state index in [9.17, 15) is 0 Å². The molecule has 0 unspecified atom stereocenters. The molecule has 0 saturated heterocycles. The van der Waals surface area contributed by atoms with Crippen molar-refractivity contribution >= 4 is 12.2 Å². The molecule has 57 valence electrons. The van der Waals surface area contributed by atoms with Crippen LogP contribution < -0.4 is 0 Å². The van der Waals surface area contributed by atoms with Crippen LogP contribution in [0.5, 0.6) is 0 Å². The van der Waals surface area contributed by atoms with Gasteiger partial charge in [0.25, 0.3) is 0 Å². The number of rotatable bonds is 0. The number of fused-ring (bicyclic) bond motifs is 1. The van der Waals surface area contributed by atoms with Gasteiger partial charge < -0.3 is 0 Å². The van der Waals surface area contributed by atoms with Crippen LogP contribution in [0.4, 0.5) is 0 Å². The summed E-state index contributed by atoms with van der Waals surface area (Å²) in [4.78, 5) is 0. The molecular formula is C12H9. The van der Waals surface area contributed by atoms with Crippen LogP contribution in [0.1, 0.15) is 11.1 Å². The minimum atomic E-state index is 1.15. The van der Waals surface area contributed by atoms with Crippen molar-refractivity contribution in [1.82, 2.24) is 0 Å². The van der Waals surface area contributed by atoms with Crippen molar-refractivity contribution in [2.24, 2.45) is 0 Å². The summed E-state index contributed by atoms with van der Waals surface area (Å²) >= 11 is 0. The molecule has 0 fully saturated rings. The molecule has 1 aromatic rings. The second-order valence-corrected chi connectivity index (χ2v) is 2.64. The predicted molar refractivity (Wildman–Crippen MR) is 52.5 cm³/mol. The monoisotopic (exact) mass is 153 g/mol. The Kier molecular flexibility index (Phi) is 1.91. The third-order valence-corrected chi connectivity index (χ3v) is 1.79. The maximum Gasteiger partial charge on any atom is -0.00992 e. The van der Waals surface area contributed by atoms with E-state index in [0.717, 1.165) is 5.56 Å². The molecule has 0 nitrogen and oxygen atoms in total. The van der Waals surface area contributed by atoms with Crippen molar-refractivity contribution in [3.8, 4) is 0 Å². The Hall–Kier alpha value is -1.56. The first-order valence-corrected chi connectivity index (χ1v) is 3.99. The van der Waals surface area contributed by atoms with E-state index in [4.69, 9.17) is 0 Å². The number of hydrogen-bond acceptors (Lipinski definition) is 0. The Bertz CT molecular complexity index is 319. The van der Waals surface area contributed by atoms with Crippen molar-refractivity contribution in [3.63, 3.8) is 0 Å². The second-order valence-electron chi connectivity index (χ2n) is 2.64. The summed E-state index contributed by atoms with van der Waals surface area (Å²) in [7, 11) is 0. The normalized spacial score (nSPS) is 21.7. The third kappa shape index (κ3) is 1.37. The van der Waals surface area contributed by atoms with Gasteiger partial charge in [-0.2, -0.15) is 0 Å². The van der Waals surface area contributed by atoms with Crippen LogP contribution in [0.3, 0.4) is 0 Å². The molecule has 0 saturated carbocycles. The zero-order chi connectivity index (χ0) is 8.23. The van der Waals surface area contributed by atoms with Crippen molar-refractivity contribution < 1.29 is 0 Å².